The van der Waals surface area contributed by atoms with E-state index in [2.05, 4.69) is 22.1 Å². The summed E-state index contributed by atoms with van der Waals surface area (Å²) in [7, 11) is -6.42. The Morgan fingerprint density at radius 2 is 1.57 bits per heavy atom. The lowest BCUT2D eigenvalue weighted by Gasteiger charge is -2.31. The maximum atomic E-state index is 14.0. The molecule has 0 aliphatic heterocycles. The number of nitrogens with one attached hydrogen (secondary N) is 1. The van der Waals surface area contributed by atoms with Gasteiger partial charge in [0.1, 0.15) is 0 Å². The summed E-state index contributed by atoms with van der Waals surface area (Å²) in [5.41, 5.74) is 3.36. The Bertz CT molecular complexity index is 2270. The Morgan fingerprint density at radius 3 is 2.26 bits per heavy atom. The molecule has 47 heavy (non-hydrogen) atoms. The highest BCUT2D eigenvalue weighted by atomic mass is 32.2. The number of aryl methyl sites for hydroxylation is 1. The van der Waals surface area contributed by atoms with Gasteiger partial charge in [0.15, 0.2) is 5.65 Å². The summed E-state index contributed by atoms with van der Waals surface area (Å²) in [6.07, 6.45) is 3.62. The van der Waals surface area contributed by atoms with Gasteiger partial charge in [-0.05, 0) is 87.2 Å². The van der Waals surface area contributed by atoms with Gasteiger partial charge in [-0.3, -0.25) is 4.79 Å². The highest BCUT2D eigenvalue weighted by Crippen LogP contribution is 2.36. The van der Waals surface area contributed by atoms with Crippen LogP contribution in [0, 0.1) is 18.8 Å². The predicted octanol–water partition coefficient (Wildman–Crippen LogP) is 6.69. The molecule has 0 aliphatic carbocycles. The lowest BCUT2D eigenvalue weighted by molar-refractivity contribution is -0.111. The molecule has 0 spiro atoms. The second kappa shape index (κ2) is 12.8. The predicted molar refractivity (Wildman–Crippen MR) is 186 cm³/mol. The van der Waals surface area contributed by atoms with Gasteiger partial charge < -0.3 is 5.32 Å². The molecule has 242 valence electrons. The number of nitrogens with zero attached hydrogens (tertiary/aromatic N) is 3. The first kappa shape index (κ1) is 33.6. The summed E-state index contributed by atoms with van der Waals surface area (Å²) < 4.78 is 57.6. The van der Waals surface area contributed by atoms with E-state index in [-0.39, 0.29) is 15.4 Å². The molecule has 0 saturated carbocycles. The number of carbonyl (C=O) groups excluding carboxylic acids is 1. The van der Waals surface area contributed by atoms with E-state index in [0.29, 0.717) is 34.2 Å². The number of benzene rings is 3. The minimum atomic E-state index is -4.08. The number of hydrogen-bond donors (Lipinski definition) is 1. The molecule has 0 saturated heterocycles. The standard InChI is InChI=1S/C36H36N4O5S2/c1-7-8-15-34(41)38-29-13-9-11-26(20-29)28-22-32-33(27-12-10-14-31(21-27)46(42,43)39(6)36(3,4)5)24-40(35(32)37-23-28)47(44,45)30-18-16-25(2)17-19-30/h9-14,16-24H,7H2,1-6H3,(H,38,41). The Hall–Kier alpha value is -4.76. The molecule has 0 bridgehead atoms. The van der Waals surface area contributed by atoms with Crippen molar-refractivity contribution < 1.29 is 21.6 Å². The average molecular weight is 669 g/mol. The van der Waals surface area contributed by atoms with Gasteiger partial charge in [-0.15, -0.1) is 0 Å². The number of fused-ring (bicyclic) bond motifs is 1. The lowest BCUT2D eigenvalue weighted by Crippen LogP contribution is -2.42. The molecule has 5 rings (SSSR count). The van der Waals surface area contributed by atoms with Crippen LogP contribution in [-0.2, 0) is 24.8 Å². The van der Waals surface area contributed by atoms with Crippen molar-refractivity contribution in [1.82, 2.24) is 13.3 Å². The number of anilines is 1. The molecule has 11 heteroatoms. The summed E-state index contributed by atoms with van der Waals surface area (Å²) in [5.74, 6) is 4.86. The maximum Gasteiger partial charge on any atom is 0.300 e. The van der Waals surface area contributed by atoms with Crippen LogP contribution in [0.5, 0.6) is 0 Å². The molecular weight excluding hydrogens is 633 g/mol. The molecule has 0 fully saturated rings. The summed E-state index contributed by atoms with van der Waals surface area (Å²) in [6.45, 7) is 9.16. The summed E-state index contributed by atoms with van der Waals surface area (Å²) in [5, 5.41) is 3.27. The van der Waals surface area contributed by atoms with Crippen LogP contribution in [0.2, 0.25) is 0 Å². The molecular formula is C36H36N4O5S2. The molecule has 2 aromatic heterocycles. The largest absolute Gasteiger partial charge is 0.315 e. The maximum absolute atomic E-state index is 14.0. The van der Waals surface area contributed by atoms with Gasteiger partial charge in [0, 0.05) is 53.6 Å². The third-order valence-electron chi connectivity index (χ3n) is 7.77. The van der Waals surface area contributed by atoms with Crippen molar-refractivity contribution in [3.63, 3.8) is 0 Å². The van der Waals surface area contributed by atoms with E-state index in [4.69, 9.17) is 0 Å². The zero-order chi connectivity index (χ0) is 34.1. The van der Waals surface area contributed by atoms with Crippen molar-refractivity contribution in [2.45, 2.75) is 56.4 Å². The van der Waals surface area contributed by atoms with Crippen LogP contribution in [0.3, 0.4) is 0 Å². The van der Waals surface area contributed by atoms with Crippen molar-refractivity contribution in [3.8, 4) is 34.1 Å². The first-order valence-electron chi connectivity index (χ1n) is 15.0. The topological polar surface area (TPSA) is 118 Å². The van der Waals surface area contributed by atoms with Gasteiger partial charge >= 0.3 is 0 Å². The van der Waals surface area contributed by atoms with E-state index in [1.165, 1.54) is 23.6 Å². The van der Waals surface area contributed by atoms with Crippen molar-refractivity contribution in [2.75, 3.05) is 12.4 Å². The second-order valence-electron chi connectivity index (χ2n) is 12.1. The highest BCUT2D eigenvalue weighted by Gasteiger charge is 2.31. The third kappa shape index (κ3) is 6.86. The van der Waals surface area contributed by atoms with Gasteiger partial charge in [-0.1, -0.05) is 54.8 Å². The summed E-state index contributed by atoms with van der Waals surface area (Å²) in [6, 6.07) is 22.0. The quantitative estimate of drug-likeness (QED) is 0.193. The van der Waals surface area contributed by atoms with Crippen molar-refractivity contribution in [2.24, 2.45) is 0 Å². The number of pyridine rings is 1. The Kier molecular flexibility index (Phi) is 9.15. The van der Waals surface area contributed by atoms with Crippen LogP contribution in [-0.4, -0.2) is 48.6 Å². The monoisotopic (exact) mass is 668 g/mol. The van der Waals surface area contributed by atoms with Crippen LogP contribution in [0.25, 0.3) is 33.3 Å². The summed E-state index contributed by atoms with van der Waals surface area (Å²) >= 11 is 0. The van der Waals surface area contributed by atoms with Crippen LogP contribution >= 0.6 is 0 Å². The summed E-state index contributed by atoms with van der Waals surface area (Å²) in [4.78, 5) is 17.0. The lowest BCUT2D eigenvalue weighted by atomic mass is 10.0. The van der Waals surface area contributed by atoms with Crippen molar-refractivity contribution >= 4 is 42.7 Å². The molecule has 2 heterocycles. The molecule has 0 unspecified atom stereocenters. The first-order valence-corrected chi connectivity index (χ1v) is 17.8. The van der Waals surface area contributed by atoms with Gasteiger partial charge in [0.05, 0.1) is 9.79 Å². The van der Waals surface area contributed by atoms with E-state index < -0.39 is 31.5 Å². The first-order chi connectivity index (χ1) is 22.1. The number of amides is 1. The number of aromatic nitrogens is 2. The van der Waals surface area contributed by atoms with Crippen LogP contribution in [0.4, 0.5) is 5.69 Å². The van der Waals surface area contributed by atoms with Crippen LogP contribution in [0.15, 0.2) is 101 Å². The van der Waals surface area contributed by atoms with Crippen molar-refractivity contribution in [3.05, 3.63) is 96.8 Å². The van der Waals surface area contributed by atoms with Crippen LogP contribution < -0.4 is 5.32 Å². The smallest absolute Gasteiger partial charge is 0.300 e. The minimum Gasteiger partial charge on any atom is -0.315 e. The Balaban J connectivity index is 1.70. The molecule has 0 atom stereocenters. The molecule has 5 aromatic rings. The SMILES string of the molecule is CCC#CC(=O)Nc1cccc(-c2cnc3c(c2)c(-c2cccc(S(=O)(=O)N(C)C(C)(C)C)c2)cn3S(=O)(=O)c2ccc(C)cc2)c1. The normalized spacial score (nSPS) is 12.1. The number of sulfonamides is 1. The average Bonchev–Trinajstić information content (AvgIpc) is 3.43. The van der Waals surface area contributed by atoms with E-state index in [0.717, 1.165) is 15.1 Å². The third-order valence-corrected chi connectivity index (χ3v) is 11.6. The van der Waals surface area contributed by atoms with Gasteiger partial charge in [0.2, 0.25) is 10.0 Å². The number of carbonyl (C=O) groups is 1. The van der Waals surface area contributed by atoms with E-state index in [1.807, 2.05) is 46.8 Å². The Labute approximate surface area is 276 Å². The van der Waals surface area contributed by atoms with E-state index >= 15 is 0 Å². The van der Waals surface area contributed by atoms with E-state index in [1.54, 1.807) is 66.9 Å². The molecule has 9 nitrogen and oxygen atoms in total. The molecule has 1 amide bonds. The number of rotatable bonds is 7. The molecule has 0 radical (unpaired) electrons. The van der Waals surface area contributed by atoms with Gasteiger partial charge in [-0.2, -0.15) is 4.31 Å². The van der Waals surface area contributed by atoms with Gasteiger partial charge in [-0.25, -0.2) is 25.8 Å². The molecule has 3 aromatic carbocycles. The Morgan fingerprint density at radius 1 is 0.894 bits per heavy atom. The molecule has 1 N–H and O–H groups in total. The van der Waals surface area contributed by atoms with Crippen LogP contribution in [0.1, 0.15) is 39.7 Å². The minimum absolute atomic E-state index is 0.0773. The van der Waals surface area contributed by atoms with Crippen molar-refractivity contribution in [1.29, 1.82) is 0 Å². The number of hydrogen-bond acceptors (Lipinski definition) is 6. The molecule has 0 aliphatic rings. The highest BCUT2D eigenvalue weighted by molar-refractivity contribution is 7.90. The van der Waals surface area contributed by atoms with Gasteiger partial charge in [0.25, 0.3) is 15.9 Å². The zero-order valence-corrected chi connectivity index (χ0v) is 28.7. The fraction of sp³-hybridized carbons (Fsp3) is 0.222. The zero-order valence-electron chi connectivity index (χ0n) is 27.1. The van der Waals surface area contributed by atoms with E-state index in [9.17, 15) is 21.6 Å². The second-order valence-corrected chi connectivity index (χ2v) is 15.9. The fourth-order valence-corrected chi connectivity index (χ4v) is 7.81. The fourth-order valence-electron chi connectivity index (χ4n) is 4.92.